The van der Waals surface area contributed by atoms with Gasteiger partial charge in [0.05, 0.1) is 0 Å². The summed E-state index contributed by atoms with van der Waals surface area (Å²) in [5.41, 5.74) is 2.48. The largest absolute Gasteiger partial charge is 0.624 e. The average molecular weight is 261 g/mol. The second-order valence-electron chi connectivity index (χ2n) is 6.24. The highest BCUT2D eigenvalue weighted by atomic mass is 16.5. The molecule has 0 aliphatic rings. The Morgan fingerprint density at radius 2 is 1.84 bits per heavy atom. The first-order valence-corrected chi connectivity index (χ1v) is 7.19. The van der Waals surface area contributed by atoms with Gasteiger partial charge in [0.1, 0.15) is 0 Å². The monoisotopic (exact) mass is 261 g/mol. The van der Waals surface area contributed by atoms with E-state index in [4.69, 9.17) is 0 Å². The lowest BCUT2D eigenvalue weighted by Gasteiger charge is -2.28. The molecule has 1 atom stereocenters. The van der Waals surface area contributed by atoms with Gasteiger partial charge in [-0.25, -0.2) is 4.74 Å². The fourth-order valence-corrected chi connectivity index (χ4v) is 2.25. The molecule has 1 rings (SSSR count). The highest BCUT2D eigenvalue weighted by Gasteiger charge is 2.25. The summed E-state index contributed by atoms with van der Waals surface area (Å²) in [7, 11) is 0. The summed E-state index contributed by atoms with van der Waals surface area (Å²) in [6.07, 6.45) is 4.13. The van der Waals surface area contributed by atoms with Crippen LogP contribution in [0, 0.1) is 23.5 Å². The Morgan fingerprint density at radius 1 is 1.26 bits per heavy atom. The summed E-state index contributed by atoms with van der Waals surface area (Å²) in [6.45, 7) is 11.3. The molecule has 0 radical (unpaired) electrons. The van der Waals surface area contributed by atoms with Crippen molar-refractivity contribution in [3.05, 3.63) is 40.6 Å². The van der Waals surface area contributed by atoms with Crippen LogP contribution >= 0.6 is 0 Å². The van der Waals surface area contributed by atoms with Crippen LogP contribution in [0.15, 0.2) is 24.3 Å². The Hall–Kier alpha value is -1.31. The van der Waals surface area contributed by atoms with Gasteiger partial charge in [0.15, 0.2) is 12.8 Å². The number of hydrogen-bond acceptors (Lipinski definition) is 1. The SMILES string of the molecule is CCCC(C)(C)[C@H](C)/C=[N+](/[O-])Cc1ccc(C)cc1. The van der Waals surface area contributed by atoms with Gasteiger partial charge >= 0.3 is 0 Å². The van der Waals surface area contributed by atoms with Crippen molar-refractivity contribution in [3.8, 4) is 0 Å². The van der Waals surface area contributed by atoms with Crippen LogP contribution in [0.3, 0.4) is 0 Å². The van der Waals surface area contributed by atoms with E-state index in [1.54, 1.807) is 0 Å². The Balaban J connectivity index is 2.68. The number of nitrogens with zero attached hydrogens (tertiary/aromatic N) is 1. The van der Waals surface area contributed by atoms with Gasteiger partial charge in [-0.1, -0.05) is 63.9 Å². The smallest absolute Gasteiger partial charge is 0.178 e. The van der Waals surface area contributed by atoms with E-state index in [0.29, 0.717) is 6.54 Å². The molecule has 19 heavy (non-hydrogen) atoms. The molecule has 106 valence electrons. The second kappa shape index (κ2) is 6.74. The number of hydrogen-bond donors (Lipinski definition) is 0. The number of rotatable bonds is 6. The summed E-state index contributed by atoms with van der Waals surface area (Å²) in [4.78, 5) is 0. The van der Waals surface area contributed by atoms with E-state index in [9.17, 15) is 5.21 Å². The van der Waals surface area contributed by atoms with Crippen molar-refractivity contribution < 1.29 is 4.74 Å². The van der Waals surface area contributed by atoms with Gasteiger partial charge in [0, 0.05) is 11.5 Å². The maximum absolute atomic E-state index is 12.0. The van der Waals surface area contributed by atoms with Crippen LogP contribution in [0.25, 0.3) is 0 Å². The van der Waals surface area contributed by atoms with E-state index in [1.807, 2.05) is 30.5 Å². The minimum Gasteiger partial charge on any atom is -0.624 e. The lowest BCUT2D eigenvalue weighted by atomic mass is 9.77. The molecule has 2 nitrogen and oxygen atoms in total. The molecule has 1 aromatic carbocycles. The van der Waals surface area contributed by atoms with Gasteiger partial charge in [-0.05, 0) is 18.8 Å². The molecule has 0 saturated carbocycles. The molecule has 0 heterocycles. The van der Waals surface area contributed by atoms with Crippen molar-refractivity contribution >= 4 is 6.21 Å². The highest BCUT2D eigenvalue weighted by molar-refractivity contribution is 5.56. The summed E-state index contributed by atoms with van der Waals surface area (Å²) in [5.74, 6) is 0.287. The second-order valence-corrected chi connectivity index (χ2v) is 6.24. The van der Waals surface area contributed by atoms with E-state index in [2.05, 4.69) is 34.6 Å². The molecule has 1 aromatic rings. The first-order valence-electron chi connectivity index (χ1n) is 7.19. The van der Waals surface area contributed by atoms with Crippen molar-refractivity contribution in [2.75, 3.05) is 0 Å². The fraction of sp³-hybridized carbons (Fsp3) is 0.588. The summed E-state index contributed by atoms with van der Waals surface area (Å²) < 4.78 is 1.08. The maximum atomic E-state index is 12.0. The van der Waals surface area contributed by atoms with Gasteiger partial charge in [-0.3, -0.25) is 0 Å². The van der Waals surface area contributed by atoms with Crippen LogP contribution in [0.5, 0.6) is 0 Å². The maximum Gasteiger partial charge on any atom is 0.178 e. The van der Waals surface area contributed by atoms with E-state index < -0.39 is 0 Å². The molecular weight excluding hydrogens is 234 g/mol. The van der Waals surface area contributed by atoms with Crippen molar-refractivity contribution in [3.63, 3.8) is 0 Å². The number of hydroxylamine groups is 1. The van der Waals surface area contributed by atoms with E-state index in [0.717, 1.165) is 23.1 Å². The standard InChI is InChI=1S/C17H27NO/c1-6-11-17(4,5)15(3)12-18(19)13-16-9-7-14(2)8-10-16/h7-10,12,15H,6,11,13H2,1-5H3/b18-12+/t15-/m1/s1. The normalized spacial score (nSPS) is 14.5. The molecule has 0 aromatic heterocycles. The van der Waals surface area contributed by atoms with Gasteiger partial charge in [-0.2, -0.15) is 0 Å². The summed E-state index contributed by atoms with van der Waals surface area (Å²) in [5, 5.41) is 12.0. The third-order valence-electron chi connectivity index (χ3n) is 3.98. The van der Waals surface area contributed by atoms with Crippen LogP contribution in [0.4, 0.5) is 0 Å². The minimum atomic E-state index is 0.185. The molecule has 0 N–H and O–H groups in total. The van der Waals surface area contributed by atoms with E-state index in [1.165, 1.54) is 5.56 Å². The van der Waals surface area contributed by atoms with E-state index >= 15 is 0 Å². The molecule has 2 heteroatoms. The molecular formula is C17H27NO. The zero-order valence-electron chi connectivity index (χ0n) is 12.9. The van der Waals surface area contributed by atoms with Crippen LogP contribution in [0.2, 0.25) is 0 Å². The molecule has 0 spiro atoms. The molecule has 0 aliphatic heterocycles. The third kappa shape index (κ3) is 5.06. The van der Waals surface area contributed by atoms with Crippen LogP contribution < -0.4 is 0 Å². The topological polar surface area (TPSA) is 26.1 Å². The molecule has 0 saturated heterocycles. The predicted molar refractivity (Wildman–Crippen MR) is 82.4 cm³/mol. The van der Waals surface area contributed by atoms with Crippen LogP contribution in [0.1, 0.15) is 51.7 Å². The van der Waals surface area contributed by atoms with Crippen molar-refractivity contribution in [1.82, 2.24) is 0 Å². The first-order chi connectivity index (χ1) is 8.85. The zero-order chi connectivity index (χ0) is 14.5. The van der Waals surface area contributed by atoms with Crippen molar-refractivity contribution in [2.45, 2.75) is 54.0 Å². The number of aryl methyl sites for hydroxylation is 1. The Morgan fingerprint density at radius 3 is 2.37 bits per heavy atom. The zero-order valence-corrected chi connectivity index (χ0v) is 12.9. The third-order valence-corrected chi connectivity index (χ3v) is 3.98. The molecule has 0 bridgehead atoms. The Bertz CT molecular complexity index is 417. The molecule has 0 fully saturated rings. The van der Waals surface area contributed by atoms with Gasteiger partial charge in [-0.15, -0.1) is 0 Å². The quantitative estimate of drug-likeness (QED) is 0.319. The average Bonchev–Trinajstić information content (AvgIpc) is 2.32. The molecule has 0 amide bonds. The van der Waals surface area contributed by atoms with Crippen molar-refractivity contribution in [1.29, 1.82) is 0 Å². The predicted octanol–water partition coefficient (Wildman–Crippen LogP) is 4.54. The molecule has 0 unspecified atom stereocenters. The lowest BCUT2D eigenvalue weighted by Crippen LogP contribution is -2.25. The minimum absolute atomic E-state index is 0.185. The molecule has 0 aliphatic carbocycles. The van der Waals surface area contributed by atoms with Crippen LogP contribution in [-0.2, 0) is 6.54 Å². The summed E-state index contributed by atoms with van der Waals surface area (Å²) >= 11 is 0. The van der Waals surface area contributed by atoms with Gasteiger partial charge in [0.25, 0.3) is 0 Å². The lowest BCUT2D eigenvalue weighted by molar-refractivity contribution is -0.472. The van der Waals surface area contributed by atoms with E-state index in [-0.39, 0.29) is 11.3 Å². The summed E-state index contributed by atoms with van der Waals surface area (Å²) in [6, 6.07) is 8.15. The van der Waals surface area contributed by atoms with Gasteiger partial charge in [0.2, 0.25) is 0 Å². The Labute approximate surface area is 117 Å². The fourth-order valence-electron chi connectivity index (χ4n) is 2.25. The van der Waals surface area contributed by atoms with Crippen LogP contribution in [-0.4, -0.2) is 11.0 Å². The first kappa shape index (κ1) is 15.7. The Kier molecular flexibility index (Phi) is 5.59. The number of benzene rings is 1. The highest BCUT2D eigenvalue weighted by Crippen LogP contribution is 2.30. The van der Waals surface area contributed by atoms with Gasteiger partial charge < -0.3 is 5.21 Å². The van der Waals surface area contributed by atoms with Crippen molar-refractivity contribution in [2.24, 2.45) is 11.3 Å².